The van der Waals surface area contributed by atoms with Crippen LogP contribution in [0.25, 0.3) is 11.3 Å². The monoisotopic (exact) mass is 301 g/mol. The van der Waals surface area contributed by atoms with E-state index in [9.17, 15) is 0 Å². The number of rotatable bonds is 4. The van der Waals surface area contributed by atoms with Crippen LogP contribution in [0.4, 0.5) is 5.13 Å². The lowest BCUT2D eigenvalue weighted by Gasteiger charge is -2.09. The SMILES string of the molecule is Cc1cc(-c2csc(NC3CCCC3)n2)c(C)n1C1CC1. The van der Waals surface area contributed by atoms with Gasteiger partial charge in [0.25, 0.3) is 0 Å². The first-order valence-electron chi connectivity index (χ1n) is 8.13. The Morgan fingerprint density at radius 2 is 1.95 bits per heavy atom. The molecule has 2 aliphatic carbocycles. The molecule has 0 bridgehead atoms. The highest BCUT2D eigenvalue weighted by Gasteiger charge is 2.27. The molecule has 112 valence electrons. The lowest BCUT2D eigenvalue weighted by atomic mass is 10.2. The predicted octanol–water partition coefficient (Wildman–Crippen LogP) is 4.92. The maximum absolute atomic E-state index is 4.83. The summed E-state index contributed by atoms with van der Waals surface area (Å²) in [5.41, 5.74) is 5.21. The lowest BCUT2D eigenvalue weighted by Crippen LogP contribution is -2.14. The quantitative estimate of drug-likeness (QED) is 0.869. The van der Waals surface area contributed by atoms with E-state index < -0.39 is 0 Å². The van der Waals surface area contributed by atoms with Crippen molar-refractivity contribution in [2.45, 2.75) is 64.5 Å². The van der Waals surface area contributed by atoms with Gasteiger partial charge in [-0.1, -0.05) is 12.8 Å². The van der Waals surface area contributed by atoms with Crippen LogP contribution >= 0.6 is 11.3 Å². The van der Waals surface area contributed by atoms with Gasteiger partial charge in [-0.3, -0.25) is 0 Å². The van der Waals surface area contributed by atoms with Gasteiger partial charge in [0, 0.05) is 34.4 Å². The van der Waals surface area contributed by atoms with Crippen LogP contribution in [-0.2, 0) is 0 Å². The smallest absolute Gasteiger partial charge is 0.183 e. The van der Waals surface area contributed by atoms with E-state index in [1.165, 1.54) is 55.5 Å². The molecule has 2 aromatic heterocycles. The van der Waals surface area contributed by atoms with E-state index in [2.05, 4.69) is 35.2 Å². The van der Waals surface area contributed by atoms with Crippen molar-refractivity contribution in [3.05, 3.63) is 22.8 Å². The van der Waals surface area contributed by atoms with Gasteiger partial charge in [0.1, 0.15) is 0 Å². The normalized spacial score (nSPS) is 19.3. The summed E-state index contributed by atoms with van der Waals surface area (Å²) in [6.45, 7) is 4.46. The third kappa shape index (κ3) is 2.50. The van der Waals surface area contributed by atoms with Crippen molar-refractivity contribution >= 4 is 16.5 Å². The van der Waals surface area contributed by atoms with Crippen LogP contribution < -0.4 is 5.32 Å². The van der Waals surface area contributed by atoms with Gasteiger partial charge in [0.05, 0.1) is 5.69 Å². The van der Waals surface area contributed by atoms with Crippen molar-refractivity contribution in [1.29, 1.82) is 0 Å². The molecule has 0 amide bonds. The molecule has 1 N–H and O–H groups in total. The maximum atomic E-state index is 4.83. The summed E-state index contributed by atoms with van der Waals surface area (Å²) in [6, 6.07) is 3.69. The van der Waals surface area contributed by atoms with Gasteiger partial charge in [0.2, 0.25) is 0 Å². The highest BCUT2D eigenvalue weighted by atomic mass is 32.1. The minimum atomic E-state index is 0.642. The number of hydrogen-bond donors (Lipinski definition) is 1. The number of aryl methyl sites for hydroxylation is 1. The molecule has 4 heteroatoms. The molecule has 3 nitrogen and oxygen atoms in total. The second kappa shape index (κ2) is 5.16. The summed E-state index contributed by atoms with van der Waals surface area (Å²) in [5, 5.41) is 6.90. The third-order valence-corrected chi connectivity index (χ3v) is 5.63. The van der Waals surface area contributed by atoms with E-state index in [0.29, 0.717) is 6.04 Å². The van der Waals surface area contributed by atoms with E-state index in [-0.39, 0.29) is 0 Å². The number of hydrogen-bond acceptors (Lipinski definition) is 3. The Labute approximate surface area is 130 Å². The van der Waals surface area contributed by atoms with Crippen molar-refractivity contribution in [3.8, 4) is 11.3 Å². The second-order valence-electron chi connectivity index (χ2n) is 6.55. The zero-order valence-corrected chi connectivity index (χ0v) is 13.7. The predicted molar refractivity (Wildman–Crippen MR) is 89.2 cm³/mol. The van der Waals surface area contributed by atoms with Crippen LogP contribution in [0, 0.1) is 13.8 Å². The van der Waals surface area contributed by atoms with Gasteiger partial charge in [-0.25, -0.2) is 4.98 Å². The molecule has 0 aliphatic heterocycles. The number of nitrogens with zero attached hydrogens (tertiary/aromatic N) is 2. The fourth-order valence-corrected chi connectivity index (χ4v) is 4.43. The van der Waals surface area contributed by atoms with Crippen LogP contribution in [0.5, 0.6) is 0 Å². The first-order valence-corrected chi connectivity index (χ1v) is 9.01. The number of thiazole rings is 1. The Hall–Kier alpha value is -1.29. The summed E-state index contributed by atoms with van der Waals surface area (Å²) in [6.07, 6.45) is 7.98. The number of anilines is 1. The van der Waals surface area contributed by atoms with Crippen LogP contribution in [-0.4, -0.2) is 15.6 Å². The van der Waals surface area contributed by atoms with E-state index in [0.717, 1.165) is 16.9 Å². The molecule has 2 fully saturated rings. The molecule has 0 radical (unpaired) electrons. The summed E-state index contributed by atoms with van der Waals surface area (Å²) in [5.74, 6) is 0. The Kier molecular flexibility index (Phi) is 3.29. The van der Waals surface area contributed by atoms with Crippen LogP contribution in [0.3, 0.4) is 0 Å². The molecule has 0 saturated heterocycles. The third-order valence-electron chi connectivity index (χ3n) is 4.86. The molecule has 0 spiro atoms. The summed E-state index contributed by atoms with van der Waals surface area (Å²) < 4.78 is 2.50. The molecule has 2 saturated carbocycles. The Morgan fingerprint density at radius 1 is 1.19 bits per heavy atom. The molecular weight excluding hydrogens is 278 g/mol. The highest BCUT2D eigenvalue weighted by molar-refractivity contribution is 7.14. The summed E-state index contributed by atoms with van der Waals surface area (Å²) in [7, 11) is 0. The van der Waals surface area contributed by atoms with Gasteiger partial charge in [-0.2, -0.15) is 0 Å². The van der Waals surface area contributed by atoms with E-state index in [1.807, 2.05) is 0 Å². The first-order chi connectivity index (χ1) is 10.2. The van der Waals surface area contributed by atoms with Gasteiger partial charge < -0.3 is 9.88 Å². The topological polar surface area (TPSA) is 29.9 Å². The van der Waals surface area contributed by atoms with Crippen LogP contribution in [0.15, 0.2) is 11.4 Å². The maximum Gasteiger partial charge on any atom is 0.183 e. The zero-order valence-electron chi connectivity index (χ0n) is 12.9. The minimum Gasteiger partial charge on any atom is -0.359 e. The summed E-state index contributed by atoms with van der Waals surface area (Å²) >= 11 is 1.75. The fraction of sp³-hybridized carbons (Fsp3) is 0.588. The van der Waals surface area contributed by atoms with Gasteiger partial charge >= 0.3 is 0 Å². The summed E-state index contributed by atoms with van der Waals surface area (Å²) in [4.78, 5) is 4.83. The molecule has 2 heterocycles. The Morgan fingerprint density at radius 3 is 2.67 bits per heavy atom. The average molecular weight is 301 g/mol. The van der Waals surface area contributed by atoms with Gasteiger partial charge in [-0.15, -0.1) is 11.3 Å². The zero-order chi connectivity index (χ0) is 14.4. The molecule has 2 aliphatic rings. The van der Waals surface area contributed by atoms with E-state index >= 15 is 0 Å². The molecular formula is C17H23N3S. The van der Waals surface area contributed by atoms with E-state index in [1.54, 1.807) is 11.3 Å². The molecule has 0 atom stereocenters. The van der Waals surface area contributed by atoms with Crippen molar-refractivity contribution < 1.29 is 0 Å². The van der Waals surface area contributed by atoms with Gasteiger partial charge in [-0.05, 0) is 45.6 Å². The van der Waals surface area contributed by atoms with Crippen molar-refractivity contribution in [1.82, 2.24) is 9.55 Å². The van der Waals surface area contributed by atoms with Crippen molar-refractivity contribution in [3.63, 3.8) is 0 Å². The van der Waals surface area contributed by atoms with Gasteiger partial charge in [0.15, 0.2) is 5.13 Å². The largest absolute Gasteiger partial charge is 0.359 e. The number of aromatic nitrogens is 2. The lowest BCUT2D eigenvalue weighted by molar-refractivity contribution is 0.700. The molecule has 0 aromatic carbocycles. The fourth-order valence-electron chi connectivity index (χ4n) is 3.64. The van der Waals surface area contributed by atoms with E-state index in [4.69, 9.17) is 4.98 Å². The van der Waals surface area contributed by atoms with Crippen LogP contribution in [0.1, 0.15) is 56.0 Å². The average Bonchev–Trinajstić information content (AvgIpc) is 2.89. The number of nitrogens with one attached hydrogen (secondary N) is 1. The standard InChI is InChI=1S/C17H23N3S/c1-11-9-15(12(2)20(11)14-7-8-14)16-10-21-17(19-16)18-13-5-3-4-6-13/h9-10,13-14H,3-8H2,1-2H3,(H,18,19). The second-order valence-corrected chi connectivity index (χ2v) is 7.41. The van der Waals surface area contributed by atoms with Crippen molar-refractivity contribution in [2.75, 3.05) is 5.32 Å². The molecule has 4 rings (SSSR count). The minimum absolute atomic E-state index is 0.642. The Bertz CT molecular complexity index is 645. The molecule has 21 heavy (non-hydrogen) atoms. The first kappa shape index (κ1) is 13.4. The highest BCUT2D eigenvalue weighted by Crippen LogP contribution is 2.40. The van der Waals surface area contributed by atoms with Crippen molar-refractivity contribution in [2.24, 2.45) is 0 Å². The Balaban J connectivity index is 1.58. The molecule has 0 unspecified atom stereocenters. The van der Waals surface area contributed by atoms with Crippen LogP contribution in [0.2, 0.25) is 0 Å². The molecule has 2 aromatic rings.